The van der Waals surface area contributed by atoms with Gasteiger partial charge in [-0.1, -0.05) is 49.9 Å². The number of rotatable bonds is 8. The first-order chi connectivity index (χ1) is 8.75. The van der Waals surface area contributed by atoms with Crippen LogP contribution in [0.15, 0.2) is 55.8 Å². The molecular formula is C16H22O2. The summed E-state index contributed by atoms with van der Waals surface area (Å²) in [5.41, 5.74) is 0.985. The summed E-state index contributed by atoms with van der Waals surface area (Å²) in [6, 6.07) is 9.94. The Hall–Kier alpha value is -1.54. The molecule has 0 fully saturated rings. The highest BCUT2D eigenvalue weighted by molar-refractivity contribution is 5.23. The van der Waals surface area contributed by atoms with E-state index in [2.05, 4.69) is 20.1 Å². The maximum absolute atomic E-state index is 5.94. The first-order valence-electron chi connectivity index (χ1n) is 6.35. The summed E-state index contributed by atoms with van der Waals surface area (Å²) in [5, 5.41) is 0. The van der Waals surface area contributed by atoms with Crippen molar-refractivity contribution >= 4 is 0 Å². The zero-order valence-electron chi connectivity index (χ0n) is 11.3. The zero-order chi connectivity index (χ0) is 13.4. The fourth-order valence-electron chi connectivity index (χ4n) is 2.19. The highest BCUT2D eigenvalue weighted by Gasteiger charge is 2.40. The van der Waals surface area contributed by atoms with E-state index in [0.29, 0.717) is 6.61 Å². The highest BCUT2D eigenvalue weighted by Crippen LogP contribution is 2.38. The molecule has 2 unspecified atom stereocenters. The summed E-state index contributed by atoms with van der Waals surface area (Å²) < 4.78 is 11.7. The summed E-state index contributed by atoms with van der Waals surface area (Å²) in [6.45, 7) is 12.2. The van der Waals surface area contributed by atoms with Crippen LogP contribution < -0.4 is 0 Å². The lowest BCUT2D eigenvalue weighted by Crippen LogP contribution is -2.38. The van der Waals surface area contributed by atoms with Gasteiger partial charge in [-0.2, -0.15) is 0 Å². The van der Waals surface area contributed by atoms with Crippen molar-refractivity contribution in [2.75, 3.05) is 6.61 Å². The van der Waals surface area contributed by atoms with Crippen LogP contribution in [0.4, 0.5) is 0 Å². The Morgan fingerprint density at radius 3 is 2.33 bits per heavy atom. The average molecular weight is 246 g/mol. The van der Waals surface area contributed by atoms with Crippen molar-refractivity contribution in [3.8, 4) is 0 Å². The molecule has 0 spiro atoms. The molecule has 0 amide bonds. The van der Waals surface area contributed by atoms with Gasteiger partial charge >= 0.3 is 0 Å². The fourth-order valence-corrected chi connectivity index (χ4v) is 2.19. The van der Waals surface area contributed by atoms with E-state index in [1.165, 1.54) is 6.26 Å². The SMILES string of the molecule is C=COC(OCC)(c1ccccc1)C(C=C)CC. The lowest BCUT2D eigenvalue weighted by Gasteiger charge is -2.38. The van der Waals surface area contributed by atoms with Crippen LogP contribution in [-0.4, -0.2) is 6.61 Å². The summed E-state index contributed by atoms with van der Waals surface area (Å²) in [5.74, 6) is -0.758. The van der Waals surface area contributed by atoms with Crippen LogP contribution in [0.3, 0.4) is 0 Å². The van der Waals surface area contributed by atoms with Crippen molar-refractivity contribution in [2.45, 2.75) is 26.1 Å². The maximum Gasteiger partial charge on any atom is 0.242 e. The van der Waals surface area contributed by atoms with E-state index in [0.717, 1.165) is 12.0 Å². The van der Waals surface area contributed by atoms with Gasteiger partial charge in [-0.3, -0.25) is 0 Å². The Morgan fingerprint density at radius 1 is 1.22 bits per heavy atom. The van der Waals surface area contributed by atoms with Gasteiger partial charge in [-0.05, 0) is 13.3 Å². The Bertz CT molecular complexity index is 372. The Balaban J connectivity index is 3.28. The third kappa shape index (κ3) is 2.82. The van der Waals surface area contributed by atoms with Crippen LogP contribution in [-0.2, 0) is 15.3 Å². The fraction of sp³-hybridized carbons (Fsp3) is 0.375. The second-order valence-corrected chi connectivity index (χ2v) is 4.00. The van der Waals surface area contributed by atoms with Gasteiger partial charge < -0.3 is 9.47 Å². The largest absolute Gasteiger partial charge is 0.466 e. The molecule has 0 N–H and O–H groups in total. The van der Waals surface area contributed by atoms with Gasteiger partial charge in [0.2, 0.25) is 5.79 Å². The molecule has 0 radical (unpaired) electrons. The van der Waals surface area contributed by atoms with E-state index in [1.54, 1.807) is 0 Å². The lowest BCUT2D eigenvalue weighted by molar-refractivity contribution is -0.239. The van der Waals surface area contributed by atoms with E-state index in [-0.39, 0.29) is 5.92 Å². The molecule has 0 aliphatic carbocycles. The van der Waals surface area contributed by atoms with Gasteiger partial charge in [-0.15, -0.1) is 6.58 Å². The molecule has 2 atom stereocenters. The van der Waals surface area contributed by atoms with Crippen molar-refractivity contribution in [2.24, 2.45) is 5.92 Å². The Labute approximate surface area is 110 Å². The van der Waals surface area contributed by atoms with Crippen molar-refractivity contribution in [1.82, 2.24) is 0 Å². The molecule has 2 nitrogen and oxygen atoms in total. The van der Waals surface area contributed by atoms with Crippen LogP contribution in [0.5, 0.6) is 0 Å². The van der Waals surface area contributed by atoms with Crippen LogP contribution in [0.1, 0.15) is 25.8 Å². The van der Waals surface area contributed by atoms with Gasteiger partial charge in [0.25, 0.3) is 0 Å². The van der Waals surface area contributed by atoms with Crippen LogP contribution in [0.25, 0.3) is 0 Å². The van der Waals surface area contributed by atoms with Crippen molar-refractivity contribution in [3.63, 3.8) is 0 Å². The number of hydrogen-bond acceptors (Lipinski definition) is 2. The summed E-state index contributed by atoms with van der Waals surface area (Å²) in [7, 11) is 0. The van der Waals surface area contributed by atoms with Gasteiger partial charge in [0.05, 0.1) is 6.26 Å². The van der Waals surface area contributed by atoms with Crippen LogP contribution in [0.2, 0.25) is 0 Å². The van der Waals surface area contributed by atoms with Crippen LogP contribution in [0, 0.1) is 5.92 Å². The molecule has 1 aromatic rings. The third-order valence-corrected chi connectivity index (χ3v) is 3.01. The molecule has 0 aromatic heterocycles. The first-order valence-corrected chi connectivity index (χ1v) is 6.35. The molecule has 0 aliphatic heterocycles. The topological polar surface area (TPSA) is 18.5 Å². The number of ether oxygens (including phenoxy) is 2. The molecule has 0 saturated heterocycles. The minimum absolute atomic E-state index is 0.0675. The molecule has 1 aromatic carbocycles. The second kappa shape index (κ2) is 7.02. The standard InChI is InChI=1S/C16H22O2/c1-5-14(6-2)16(17-7-3,18-8-4)15-12-10-9-11-13-15/h5,7,9-14H,1,3,6,8H2,2,4H3. The maximum atomic E-state index is 5.94. The molecule has 0 bridgehead atoms. The van der Waals surface area contributed by atoms with Crippen molar-refractivity contribution in [1.29, 1.82) is 0 Å². The molecule has 0 saturated carbocycles. The average Bonchev–Trinajstić information content (AvgIpc) is 2.41. The summed E-state index contributed by atoms with van der Waals surface area (Å²) in [4.78, 5) is 0. The predicted molar refractivity (Wildman–Crippen MR) is 75.0 cm³/mol. The minimum atomic E-state index is -0.825. The molecule has 18 heavy (non-hydrogen) atoms. The molecule has 98 valence electrons. The van der Waals surface area contributed by atoms with Crippen LogP contribution >= 0.6 is 0 Å². The zero-order valence-corrected chi connectivity index (χ0v) is 11.3. The van der Waals surface area contributed by atoms with E-state index >= 15 is 0 Å². The lowest BCUT2D eigenvalue weighted by atomic mass is 9.89. The van der Waals surface area contributed by atoms with Gasteiger partial charge in [0.15, 0.2) is 0 Å². The molecule has 1 rings (SSSR count). The van der Waals surface area contributed by atoms with E-state index < -0.39 is 5.79 Å². The Kier molecular flexibility index (Phi) is 5.66. The molecule has 0 aliphatic rings. The molecular weight excluding hydrogens is 224 g/mol. The van der Waals surface area contributed by atoms with Gasteiger partial charge in [0.1, 0.15) is 0 Å². The summed E-state index contributed by atoms with van der Waals surface area (Å²) >= 11 is 0. The summed E-state index contributed by atoms with van der Waals surface area (Å²) in [6.07, 6.45) is 4.20. The normalized spacial score (nSPS) is 15.4. The van der Waals surface area contributed by atoms with E-state index in [9.17, 15) is 0 Å². The van der Waals surface area contributed by atoms with E-state index in [1.807, 2.05) is 43.3 Å². The smallest absolute Gasteiger partial charge is 0.242 e. The number of hydrogen-bond donors (Lipinski definition) is 0. The first kappa shape index (κ1) is 14.5. The molecule has 2 heteroatoms. The van der Waals surface area contributed by atoms with Crippen molar-refractivity contribution in [3.05, 3.63) is 61.4 Å². The monoisotopic (exact) mass is 246 g/mol. The third-order valence-electron chi connectivity index (χ3n) is 3.01. The number of benzene rings is 1. The van der Waals surface area contributed by atoms with Gasteiger partial charge in [-0.25, -0.2) is 0 Å². The Morgan fingerprint density at radius 2 is 1.89 bits per heavy atom. The van der Waals surface area contributed by atoms with Crippen molar-refractivity contribution < 1.29 is 9.47 Å². The van der Waals surface area contributed by atoms with Gasteiger partial charge in [0, 0.05) is 18.1 Å². The predicted octanol–water partition coefficient (Wildman–Crippen LogP) is 4.25. The quantitative estimate of drug-likeness (QED) is 0.388. The highest BCUT2D eigenvalue weighted by atomic mass is 16.7. The molecule has 0 heterocycles. The van der Waals surface area contributed by atoms with E-state index in [4.69, 9.17) is 9.47 Å². The second-order valence-electron chi connectivity index (χ2n) is 4.00. The minimum Gasteiger partial charge on any atom is -0.466 e.